The summed E-state index contributed by atoms with van der Waals surface area (Å²) >= 11 is 6.45. The van der Waals surface area contributed by atoms with Crippen molar-refractivity contribution in [1.29, 1.82) is 0 Å². The molecule has 0 aliphatic carbocycles. The van der Waals surface area contributed by atoms with Gasteiger partial charge in [-0.05, 0) is 38.0 Å². The van der Waals surface area contributed by atoms with Gasteiger partial charge in [0.05, 0.1) is 18.6 Å². The van der Waals surface area contributed by atoms with Gasteiger partial charge in [0.1, 0.15) is 0 Å². The zero-order valence-electron chi connectivity index (χ0n) is 12.2. The van der Waals surface area contributed by atoms with Gasteiger partial charge < -0.3 is 9.47 Å². The fourth-order valence-corrected chi connectivity index (χ4v) is 2.29. The van der Waals surface area contributed by atoms with Crippen molar-refractivity contribution in [3.8, 4) is 11.5 Å². The maximum absolute atomic E-state index is 6.45. The predicted molar refractivity (Wildman–Crippen MR) is 81.5 cm³/mol. The molecule has 1 aromatic rings. The van der Waals surface area contributed by atoms with Gasteiger partial charge in [0.2, 0.25) is 0 Å². The Bertz CT molecular complexity index is 366. The van der Waals surface area contributed by atoms with Crippen molar-refractivity contribution in [2.45, 2.75) is 51.8 Å². The summed E-state index contributed by atoms with van der Waals surface area (Å²) in [5, 5.41) is 0.0569. The van der Waals surface area contributed by atoms with Crippen molar-refractivity contribution >= 4 is 11.6 Å². The zero-order chi connectivity index (χ0) is 14.1. The van der Waals surface area contributed by atoms with E-state index in [0.717, 1.165) is 23.5 Å². The first-order valence-electron chi connectivity index (χ1n) is 7.26. The molecule has 0 N–H and O–H groups in total. The van der Waals surface area contributed by atoms with E-state index in [0.29, 0.717) is 13.2 Å². The highest BCUT2D eigenvalue weighted by atomic mass is 35.5. The molecule has 0 bridgehead atoms. The standard InChI is InChI=1S/C16H25ClO2/c1-4-7-8-9-14(17)13-10-11-15(18-5-2)16(12-13)19-6-3/h10-12,14H,4-9H2,1-3H3. The summed E-state index contributed by atoms with van der Waals surface area (Å²) in [5.41, 5.74) is 1.12. The largest absolute Gasteiger partial charge is 0.490 e. The Labute approximate surface area is 122 Å². The van der Waals surface area contributed by atoms with Gasteiger partial charge >= 0.3 is 0 Å². The van der Waals surface area contributed by atoms with Crippen LogP contribution in [0.1, 0.15) is 57.4 Å². The Morgan fingerprint density at radius 1 is 1.00 bits per heavy atom. The van der Waals surface area contributed by atoms with Crippen LogP contribution >= 0.6 is 11.6 Å². The molecule has 3 heteroatoms. The third-order valence-corrected chi connectivity index (χ3v) is 3.46. The quantitative estimate of drug-likeness (QED) is 0.450. The molecule has 2 nitrogen and oxygen atoms in total. The maximum atomic E-state index is 6.45. The second-order valence-corrected chi connectivity index (χ2v) is 5.06. The molecule has 1 unspecified atom stereocenters. The van der Waals surface area contributed by atoms with Gasteiger partial charge in [-0.25, -0.2) is 0 Å². The third kappa shape index (κ3) is 5.32. The van der Waals surface area contributed by atoms with Crippen LogP contribution in [0.4, 0.5) is 0 Å². The van der Waals surface area contributed by atoms with Gasteiger partial charge in [-0.2, -0.15) is 0 Å². The molecular formula is C16H25ClO2. The van der Waals surface area contributed by atoms with Crippen LogP contribution in [-0.4, -0.2) is 13.2 Å². The van der Waals surface area contributed by atoms with Gasteiger partial charge in [0.25, 0.3) is 0 Å². The van der Waals surface area contributed by atoms with Crippen molar-refractivity contribution in [2.24, 2.45) is 0 Å². The van der Waals surface area contributed by atoms with Crippen LogP contribution in [0, 0.1) is 0 Å². The van der Waals surface area contributed by atoms with E-state index in [-0.39, 0.29) is 5.38 Å². The minimum absolute atomic E-state index is 0.0569. The molecule has 0 fully saturated rings. The van der Waals surface area contributed by atoms with Crippen LogP contribution < -0.4 is 9.47 Å². The highest BCUT2D eigenvalue weighted by Crippen LogP contribution is 2.34. The predicted octanol–water partition coefficient (Wildman–Crippen LogP) is 5.34. The Balaban J connectivity index is 2.75. The summed E-state index contributed by atoms with van der Waals surface area (Å²) < 4.78 is 11.2. The van der Waals surface area contributed by atoms with Gasteiger partial charge in [0, 0.05) is 0 Å². The minimum Gasteiger partial charge on any atom is -0.490 e. The van der Waals surface area contributed by atoms with Gasteiger partial charge in [0.15, 0.2) is 11.5 Å². The molecule has 0 aromatic heterocycles. The molecule has 0 amide bonds. The Hall–Kier alpha value is -0.890. The van der Waals surface area contributed by atoms with Crippen LogP contribution in [0.15, 0.2) is 18.2 Å². The summed E-state index contributed by atoms with van der Waals surface area (Å²) in [6.07, 6.45) is 4.63. The van der Waals surface area contributed by atoms with E-state index in [2.05, 4.69) is 6.92 Å². The number of ether oxygens (including phenoxy) is 2. The lowest BCUT2D eigenvalue weighted by atomic mass is 10.1. The van der Waals surface area contributed by atoms with E-state index in [1.807, 2.05) is 32.0 Å². The van der Waals surface area contributed by atoms with Crippen molar-refractivity contribution in [3.05, 3.63) is 23.8 Å². The Morgan fingerprint density at radius 2 is 1.68 bits per heavy atom. The average molecular weight is 285 g/mol. The number of alkyl halides is 1. The van der Waals surface area contributed by atoms with E-state index in [9.17, 15) is 0 Å². The van der Waals surface area contributed by atoms with Crippen molar-refractivity contribution in [3.63, 3.8) is 0 Å². The lowest BCUT2D eigenvalue weighted by molar-refractivity contribution is 0.287. The van der Waals surface area contributed by atoms with Crippen molar-refractivity contribution in [2.75, 3.05) is 13.2 Å². The normalized spacial score (nSPS) is 12.2. The van der Waals surface area contributed by atoms with Gasteiger partial charge in [-0.1, -0.05) is 32.3 Å². The number of rotatable bonds is 9. The second-order valence-electron chi connectivity index (χ2n) is 4.54. The zero-order valence-corrected chi connectivity index (χ0v) is 13.0. The van der Waals surface area contributed by atoms with Gasteiger partial charge in [-0.3, -0.25) is 0 Å². The molecule has 19 heavy (non-hydrogen) atoms. The average Bonchev–Trinajstić information content (AvgIpc) is 2.41. The Kier molecular flexibility index (Phi) is 7.73. The van der Waals surface area contributed by atoms with E-state index in [1.165, 1.54) is 19.3 Å². The number of hydrogen-bond donors (Lipinski definition) is 0. The van der Waals surface area contributed by atoms with E-state index < -0.39 is 0 Å². The van der Waals surface area contributed by atoms with Crippen LogP contribution in [0.2, 0.25) is 0 Å². The first kappa shape index (κ1) is 16.2. The number of benzene rings is 1. The molecule has 0 radical (unpaired) electrons. The summed E-state index contributed by atoms with van der Waals surface area (Å²) in [6.45, 7) is 7.42. The van der Waals surface area contributed by atoms with Crippen molar-refractivity contribution < 1.29 is 9.47 Å². The second kappa shape index (κ2) is 9.08. The lowest BCUT2D eigenvalue weighted by Crippen LogP contribution is -2.00. The number of unbranched alkanes of at least 4 members (excludes halogenated alkanes) is 2. The van der Waals surface area contributed by atoms with Crippen LogP contribution in [0.3, 0.4) is 0 Å². The van der Waals surface area contributed by atoms with E-state index >= 15 is 0 Å². The fourth-order valence-electron chi connectivity index (χ4n) is 2.00. The SMILES string of the molecule is CCCCCC(Cl)c1ccc(OCC)c(OCC)c1. The topological polar surface area (TPSA) is 18.5 Å². The van der Waals surface area contributed by atoms with Crippen LogP contribution in [-0.2, 0) is 0 Å². The first-order chi connectivity index (χ1) is 9.22. The molecular weight excluding hydrogens is 260 g/mol. The third-order valence-electron chi connectivity index (χ3n) is 2.99. The highest BCUT2D eigenvalue weighted by molar-refractivity contribution is 6.20. The highest BCUT2D eigenvalue weighted by Gasteiger charge is 2.12. The minimum atomic E-state index is 0.0569. The summed E-state index contributed by atoms with van der Waals surface area (Å²) in [4.78, 5) is 0. The van der Waals surface area contributed by atoms with Crippen LogP contribution in [0.5, 0.6) is 11.5 Å². The molecule has 1 atom stereocenters. The maximum Gasteiger partial charge on any atom is 0.161 e. The molecule has 0 spiro atoms. The summed E-state index contributed by atoms with van der Waals surface area (Å²) in [5.74, 6) is 1.59. The van der Waals surface area contributed by atoms with E-state index in [1.54, 1.807) is 0 Å². The van der Waals surface area contributed by atoms with Crippen molar-refractivity contribution in [1.82, 2.24) is 0 Å². The first-order valence-corrected chi connectivity index (χ1v) is 7.70. The smallest absolute Gasteiger partial charge is 0.161 e. The number of hydrogen-bond acceptors (Lipinski definition) is 2. The van der Waals surface area contributed by atoms with Crippen LogP contribution in [0.25, 0.3) is 0 Å². The molecule has 0 saturated heterocycles. The molecule has 0 heterocycles. The molecule has 1 aromatic carbocycles. The molecule has 1 rings (SSSR count). The fraction of sp³-hybridized carbons (Fsp3) is 0.625. The van der Waals surface area contributed by atoms with E-state index in [4.69, 9.17) is 21.1 Å². The molecule has 0 aliphatic heterocycles. The molecule has 0 aliphatic rings. The van der Waals surface area contributed by atoms with Gasteiger partial charge in [-0.15, -0.1) is 11.6 Å². The summed E-state index contributed by atoms with van der Waals surface area (Å²) in [6, 6.07) is 6.01. The number of halogens is 1. The monoisotopic (exact) mass is 284 g/mol. The summed E-state index contributed by atoms with van der Waals surface area (Å²) in [7, 11) is 0. The Morgan fingerprint density at radius 3 is 2.32 bits per heavy atom. The lowest BCUT2D eigenvalue weighted by Gasteiger charge is -2.15. The molecule has 108 valence electrons. The molecule has 0 saturated carbocycles.